The zero-order valence-electron chi connectivity index (χ0n) is 15.4. The molecule has 2 bridgehead atoms. The lowest BCUT2D eigenvalue weighted by Crippen LogP contribution is -2.48. The molecule has 4 rings (SSSR count). The molecule has 3 heterocycles. The fourth-order valence-electron chi connectivity index (χ4n) is 4.40. The Morgan fingerprint density at radius 2 is 1.83 bits per heavy atom. The highest BCUT2D eigenvalue weighted by Crippen LogP contribution is 2.42. The van der Waals surface area contributed by atoms with Gasteiger partial charge in [-0.05, 0) is 65.4 Å². The lowest BCUT2D eigenvalue weighted by Gasteiger charge is -2.35. The van der Waals surface area contributed by atoms with Gasteiger partial charge in [-0.15, -0.1) is 0 Å². The Labute approximate surface area is 144 Å². The number of hydrogen-bond donors (Lipinski definition) is 1. The molecule has 24 heavy (non-hydrogen) atoms. The van der Waals surface area contributed by atoms with Crippen molar-refractivity contribution in [3.8, 4) is 0 Å². The van der Waals surface area contributed by atoms with Gasteiger partial charge in [0, 0.05) is 36.8 Å². The maximum Gasteiger partial charge on any atom is 0.274 e. The van der Waals surface area contributed by atoms with Crippen molar-refractivity contribution in [3.05, 3.63) is 17.5 Å². The molecule has 2 atom stereocenters. The quantitative estimate of drug-likeness (QED) is 0.927. The topological polar surface area (TPSA) is 50.2 Å². The molecule has 0 radical (unpaired) electrons. The van der Waals surface area contributed by atoms with E-state index in [1.807, 2.05) is 11.9 Å². The Kier molecular flexibility index (Phi) is 3.75. The molecular formula is C19H30N4O. The number of piperidine rings is 1. The van der Waals surface area contributed by atoms with Crippen LogP contribution < -0.4 is 5.32 Å². The van der Waals surface area contributed by atoms with Gasteiger partial charge < -0.3 is 10.2 Å². The molecule has 0 spiro atoms. The SMILES string of the molecule is CN(C(=O)c1cc(C2CC2)n(C(C)(C)C)n1)C1CC2CCC(C1)N2. The molecule has 1 aromatic heterocycles. The van der Waals surface area contributed by atoms with Crippen molar-refractivity contribution in [3.63, 3.8) is 0 Å². The summed E-state index contributed by atoms with van der Waals surface area (Å²) in [6, 6.07) is 3.59. The number of carbonyl (C=O) groups is 1. The zero-order chi connectivity index (χ0) is 17.1. The average Bonchev–Trinajstić information content (AvgIpc) is 3.18. The molecule has 3 fully saturated rings. The minimum atomic E-state index is -0.0805. The van der Waals surface area contributed by atoms with E-state index >= 15 is 0 Å². The average molecular weight is 330 g/mol. The van der Waals surface area contributed by atoms with Gasteiger partial charge in [0.05, 0.1) is 5.54 Å². The molecule has 5 heteroatoms. The second kappa shape index (κ2) is 5.58. The van der Waals surface area contributed by atoms with Crippen LogP contribution in [0.2, 0.25) is 0 Å². The first-order valence-electron chi connectivity index (χ1n) is 9.46. The van der Waals surface area contributed by atoms with Crippen molar-refractivity contribution in [2.75, 3.05) is 7.05 Å². The minimum Gasteiger partial charge on any atom is -0.337 e. The van der Waals surface area contributed by atoms with E-state index in [2.05, 4.69) is 36.8 Å². The first kappa shape index (κ1) is 16.1. The van der Waals surface area contributed by atoms with Gasteiger partial charge in [-0.25, -0.2) is 0 Å². The zero-order valence-corrected chi connectivity index (χ0v) is 15.4. The molecule has 3 aliphatic rings. The minimum absolute atomic E-state index is 0.0805. The summed E-state index contributed by atoms with van der Waals surface area (Å²) >= 11 is 0. The van der Waals surface area contributed by atoms with E-state index in [9.17, 15) is 4.79 Å². The van der Waals surface area contributed by atoms with Crippen LogP contribution in [0.4, 0.5) is 0 Å². The summed E-state index contributed by atoms with van der Waals surface area (Å²) in [4.78, 5) is 15.0. The van der Waals surface area contributed by atoms with Crippen molar-refractivity contribution < 1.29 is 4.79 Å². The Hall–Kier alpha value is -1.36. The number of nitrogens with zero attached hydrogens (tertiary/aromatic N) is 3. The highest BCUT2D eigenvalue weighted by molar-refractivity contribution is 5.92. The predicted octanol–water partition coefficient (Wildman–Crippen LogP) is 2.87. The van der Waals surface area contributed by atoms with Gasteiger partial charge >= 0.3 is 0 Å². The van der Waals surface area contributed by atoms with E-state index in [-0.39, 0.29) is 11.4 Å². The molecule has 2 aliphatic heterocycles. The number of nitrogens with one attached hydrogen (secondary N) is 1. The van der Waals surface area contributed by atoms with Crippen molar-refractivity contribution in [2.24, 2.45) is 0 Å². The van der Waals surface area contributed by atoms with Gasteiger partial charge in [-0.2, -0.15) is 5.10 Å². The van der Waals surface area contributed by atoms with E-state index in [4.69, 9.17) is 5.10 Å². The first-order valence-corrected chi connectivity index (χ1v) is 9.46. The van der Waals surface area contributed by atoms with Crippen molar-refractivity contribution >= 4 is 5.91 Å². The number of fused-ring (bicyclic) bond motifs is 2. The van der Waals surface area contributed by atoms with Gasteiger partial charge in [0.15, 0.2) is 5.69 Å². The Balaban J connectivity index is 1.55. The van der Waals surface area contributed by atoms with E-state index in [1.54, 1.807) is 0 Å². The van der Waals surface area contributed by atoms with Gasteiger partial charge in [-0.3, -0.25) is 9.48 Å². The number of amides is 1. The predicted molar refractivity (Wildman–Crippen MR) is 94.3 cm³/mol. The van der Waals surface area contributed by atoms with Crippen LogP contribution in [0.3, 0.4) is 0 Å². The molecule has 1 amide bonds. The smallest absolute Gasteiger partial charge is 0.274 e. The van der Waals surface area contributed by atoms with Crippen LogP contribution in [0.25, 0.3) is 0 Å². The maximum absolute atomic E-state index is 13.0. The molecule has 5 nitrogen and oxygen atoms in total. The van der Waals surface area contributed by atoms with Crippen LogP contribution in [0.15, 0.2) is 6.07 Å². The second-order valence-corrected chi connectivity index (χ2v) is 8.99. The van der Waals surface area contributed by atoms with E-state index in [1.165, 1.54) is 31.4 Å². The summed E-state index contributed by atoms with van der Waals surface area (Å²) in [7, 11) is 1.96. The summed E-state index contributed by atoms with van der Waals surface area (Å²) in [5, 5.41) is 8.37. The second-order valence-electron chi connectivity index (χ2n) is 8.99. The summed E-state index contributed by atoms with van der Waals surface area (Å²) in [5.74, 6) is 0.685. The van der Waals surface area contributed by atoms with Crippen LogP contribution in [0, 0.1) is 0 Å². The third kappa shape index (κ3) is 2.87. The standard InChI is InChI=1S/C19H30N4O/c1-19(2,3)23-17(12-5-6-12)11-16(21-23)18(24)22(4)15-9-13-7-8-14(10-15)20-13/h11-15,20H,5-10H2,1-4H3. The molecule has 0 aromatic carbocycles. The monoisotopic (exact) mass is 330 g/mol. The maximum atomic E-state index is 13.0. The van der Waals surface area contributed by atoms with Gasteiger partial charge in [0.25, 0.3) is 5.91 Å². The summed E-state index contributed by atoms with van der Waals surface area (Å²) in [6.07, 6.45) is 7.12. The molecule has 132 valence electrons. The van der Waals surface area contributed by atoms with Crippen molar-refractivity contribution in [2.45, 2.75) is 88.9 Å². The van der Waals surface area contributed by atoms with Gasteiger partial charge in [-0.1, -0.05) is 0 Å². The fourth-order valence-corrected chi connectivity index (χ4v) is 4.40. The summed E-state index contributed by atoms with van der Waals surface area (Å²) in [5.41, 5.74) is 1.79. The lowest BCUT2D eigenvalue weighted by molar-refractivity contribution is 0.0674. The Morgan fingerprint density at radius 3 is 2.38 bits per heavy atom. The molecule has 2 unspecified atom stereocenters. The molecule has 1 aliphatic carbocycles. The first-order chi connectivity index (χ1) is 11.3. The van der Waals surface area contributed by atoms with Crippen LogP contribution in [0.1, 0.15) is 81.4 Å². The Morgan fingerprint density at radius 1 is 1.21 bits per heavy atom. The third-order valence-electron chi connectivity index (χ3n) is 5.90. The number of aromatic nitrogens is 2. The third-order valence-corrected chi connectivity index (χ3v) is 5.90. The molecular weight excluding hydrogens is 300 g/mol. The number of carbonyl (C=O) groups excluding carboxylic acids is 1. The molecule has 2 saturated heterocycles. The summed E-state index contributed by atoms with van der Waals surface area (Å²) < 4.78 is 2.08. The van der Waals surface area contributed by atoms with E-state index in [0.29, 0.717) is 29.7 Å². The highest BCUT2D eigenvalue weighted by atomic mass is 16.2. The van der Waals surface area contributed by atoms with Crippen LogP contribution in [0.5, 0.6) is 0 Å². The fraction of sp³-hybridized carbons (Fsp3) is 0.789. The van der Waals surface area contributed by atoms with Crippen LogP contribution in [-0.2, 0) is 5.54 Å². The highest BCUT2D eigenvalue weighted by Gasteiger charge is 2.38. The van der Waals surface area contributed by atoms with E-state index < -0.39 is 0 Å². The molecule has 1 N–H and O–H groups in total. The largest absolute Gasteiger partial charge is 0.337 e. The number of hydrogen-bond acceptors (Lipinski definition) is 3. The number of rotatable bonds is 3. The van der Waals surface area contributed by atoms with Gasteiger partial charge in [0.2, 0.25) is 0 Å². The molecule has 1 aromatic rings. The Bertz CT molecular complexity index is 628. The summed E-state index contributed by atoms with van der Waals surface area (Å²) in [6.45, 7) is 6.48. The van der Waals surface area contributed by atoms with Gasteiger partial charge in [0.1, 0.15) is 0 Å². The van der Waals surface area contributed by atoms with Crippen LogP contribution in [-0.4, -0.2) is 45.8 Å². The molecule has 1 saturated carbocycles. The normalized spacial score (nSPS) is 29.8. The van der Waals surface area contributed by atoms with E-state index in [0.717, 1.165) is 12.8 Å². The van der Waals surface area contributed by atoms with Crippen molar-refractivity contribution in [1.29, 1.82) is 0 Å². The van der Waals surface area contributed by atoms with Crippen molar-refractivity contribution in [1.82, 2.24) is 20.0 Å². The lowest BCUT2D eigenvalue weighted by atomic mass is 9.98. The van der Waals surface area contributed by atoms with Crippen LogP contribution >= 0.6 is 0 Å².